The predicted molar refractivity (Wildman–Crippen MR) is 34.4 cm³/mol. The molecule has 0 aliphatic carbocycles. The highest BCUT2D eigenvalue weighted by Crippen LogP contribution is 1.92. The van der Waals surface area contributed by atoms with Crippen molar-refractivity contribution in [2.75, 3.05) is 0 Å². The Kier molecular flexibility index (Phi) is 5.94. The highest BCUT2D eigenvalue weighted by Gasteiger charge is 1.79. The minimum Gasteiger partial charge on any atom is -0.291 e. The van der Waals surface area contributed by atoms with E-state index in [-0.39, 0.29) is 0 Å². The molecule has 45 valence electrons. The third-order valence-corrected chi connectivity index (χ3v) is 0.885. The first-order valence-corrected chi connectivity index (χ1v) is 2.88. The second kappa shape index (κ2) is 6.41. The molecule has 0 atom stereocenters. The monoisotopic (exact) mass is 111 g/mol. The maximum Gasteiger partial charge on any atom is 0.198 e. The highest BCUT2D eigenvalue weighted by atomic mass is 16.1. The molecule has 0 unspecified atom stereocenters. The fourth-order valence-electron chi connectivity index (χ4n) is 0.459. The Morgan fingerprint density at radius 3 is 2.88 bits per heavy atom. The number of unbranched alkanes of at least 4 members (excludes halogenated alkanes) is 2. The van der Waals surface area contributed by atoms with Gasteiger partial charge in [0.25, 0.3) is 0 Å². The number of hydrogen-bond acceptors (Lipinski definition) is 1. The molecule has 0 rings (SSSR count). The molecule has 0 bridgehead atoms. The Bertz CT molecular complexity index is 74.5. The normalized spacial score (nSPS) is 10.1. The molecule has 0 fully saturated rings. The molecule has 0 N–H and O–H groups in total. The van der Waals surface area contributed by atoms with Crippen LogP contribution in [0.2, 0.25) is 0 Å². The summed E-state index contributed by atoms with van der Waals surface area (Å²) in [5.74, 6) is 0. The van der Waals surface area contributed by atoms with E-state index >= 15 is 0 Å². The molecule has 0 saturated carbocycles. The Morgan fingerprint density at radius 1 is 1.62 bits per heavy atom. The lowest BCUT2D eigenvalue weighted by atomic mass is 10.2. The van der Waals surface area contributed by atoms with E-state index in [0.29, 0.717) is 6.42 Å². The lowest BCUT2D eigenvalue weighted by Crippen LogP contribution is -1.72. The van der Waals surface area contributed by atoms with Gasteiger partial charge in [-0.2, -0.15) is 0 Å². The lowest BCUT2D eigenvalue weighted by Gasteiger charge is -1.82. The zero-order valence-corrected chi connectivity index (χ0v) is 5.18. The van der Waals surface area contributed by atoms with Crippen molar-refractivity contribution in [2.45, 2.75) is 26.2 Å². The zero-order chi connectivity index (χ0) is 6.24. The molecule has 0 saturated heterocycles. The minimum absolute atomic E-state index is 0.574. The Morgan fingerprint density at radius 2 is 2.38 bits per heavy atom. The molecule has 0 heterocycles. The van der Waals surface area contributed by atoms with Crippen LogP contribution in [0, 0.1) is 0 Å². The Hall–Kier alpha value is -0.590. The van der Waals surface area contributed by atoms with E-state index in [2.05, 4.69) is 6.08 Å². The quantitative estimate of drug-likeness (QED) is 0.399. The summed E-state index contributed by atoms with van der Waals surface area (Å²) in [7, 11) is 0. The van der Waals surface area contributed by atoms with Crippen LogP contribution in [0.5, 0.6) is 0 Å². The van der Waals surface area contributed by atoms with Gasteiger partial charge in [-0.15, -0.1) is 0 Å². The van der Waals surface area contributed by atoms with Gasteiger partial charge in [-0.05, 0) is 19.8 Å². The molecule has 0 aromatic carbocycles. The summed E-state index contributed by atoms with van der Waals surface area (Å²) >= 11 is 0. The van der Waals surface area contributed by atoms with E-state index in [0.717, 1.165) is 12.8 Å². The number of rotatable bonds is 4. The average Bonchev–Trinajstić information content (AvgIpc) is 1.81. The van der Waals surface area contributed by atoms with Crippen molar-refractivity contribution in [3.63, 3.8) is 0 Å². The zero-order valence-electron chi connectivity index (χ0n) is 5.18. The van der Waals surface area contributed by atoms with Gasteiger partial charge in [0.1, 0.15) is 0 Å². The molecule has 1 nitrogen and oxygen atoms in total. The van der Waals surface area contributed by atoms with Crippen LogP contribution in [-0.2, 0) is 4.79 Å². The first-order chi connectivity index (χ1) is 3.91. The fraction of sp³-hybridized carbons (Fsp3) is 0.571. The summed E-state index contributed by atoms with van der Waals surface area (Å²) < 4.78 is 0. The van der Waals surface area contributed by atoms with Gasteiger partial charge in [-0.1, -0.05) is 12.2 Å². The van der Waals surface area contributed by atoms with Crippen molar-refractivity contribution in [1.29, 1.82) is 0 Å². The van der Waals surface area contributed by atoms with Crippen LogP contribution in [0.4, 0.5) is 0 Å². The number of carbonyl (C=O) groups excluding carboxylic acids is 1. The van der Waals surface area contributed by atoms with Crippen LogP contribution in [0.15, 0.2) is 12.2 Å². The molecule has 0 aliphatic rings. The van der Waals surface area contributed by atoms with E-state index in [4.69, 9.17) is 0 Å². The van der Waals surface area contributed by atoms with Crippen molar-refractivity contribution < 1.29 is 4.79 Å². The van der Waals surface area contributed by atoms with Crippen molar-refractivity contribution in [3.8, 4) is 0 Å². The average molecular weight is 111 g/mol. The molecule has 0 aromatic heterocycles. The van der Waals surface area contributed by atoms with E-state index < -0.39 is 0 Å². The second-order valence-corrected chi connectivity index (χ2v) is 1.61. The molecule has 0 amide bonds. The predicted octanol–water partition coefficient (Wildman–Crippen LogP) is 1.84. The van der Waals surface area contributed by atoms with Crippen LogP contribution < -0.4 is 0 Å². The fourth-order valence-corrected chi connectivity index (χ4v) is 0.459. The SMILES string of the molecule is CC=CCCC[C]=O. The van der Waals surface area contributed by atoms with Crippen molar-refractivity contribution in [2.24, 2.45) is 0 Å². The first kappa shape index (κ1) is 7.41. The van der Waals surface area contributed by atoms with Gasteiger partial charge in [-0.25, -0.2) is 0 Å². The molecule has 0 aromatic rings. The van der Waals surface area contributed by atoms with Crippen LogP contribution in [0.25, 0.3) is 0 Å². The molecule has 8 heavy (non-hydrogen) atoms. The van der Waals surface area contributed by atoms with Gasteiger partial charge < -0.3 is 0 Å². The molecular weight excluding hydrogens is 100 g/mol. The van der Waals surface area contributed by atoms with Crippen LogP contribution in [0.3, 0.4) is 0 Å². The van der Waals surface area contributed by atoms with Gasteiger partial charge in [-0.3, -0.25) is 4.79 Å². The van der Waals surface area contributed by atoms with E-state index in [1.807, 2.05) is 19.3 Å². The summed E-state index contributed by atoms with van der Waals surface area (Å²) in [5.41, 5.74) is 0. The summed E-state index contributed by atoms with van der Waals surface area (Å²) in [6, 6.07) is 0. The summed E-state index contributed by atoms with van der Waals surface area (Å²) in [5, 5.41) is 0. The summed E-state index contributed by atoms with van der Waals surface area (Å²) in [6.45, 7) is 1.98. The van der Waals surface area contributed by atoms with Gasteiger partial charge in [0.2, 0.25) is 0 Å². The molecule has 1 heteroatoms. The number of allylic oxidation sites excluding steroid dienone is 2. The second-order valence-electron chi connectivity index (χ2n) is 1.61. The smallest absolute Gasteiger partial charge is 0.198 e. The van der Waals surface area contributed by atoms with E-state index in [9.17, 15) is 4.79 Å². The van der Waals surface area contributed by atoms with Crippen LogP contribution in [-0.4, -0.2) is 6.29 Å². The number of hydrogen-bond donors (Lipinski definition) is 0. The van der Waals surface area contributed by atoms with E-state index in [1.54, 1.807) is 0 Å². The molecule has 0 spiro atoms. The highest BCUT2D eigenvalue weighted by molar-refractivity contribution is 5.50. The van der Waals surface area contributed by atoms with Crippen molar-refractivity contribution >= 4 is 6.29 Å². The largest absolute Gasteiger partial charge is 0.291 e. The van der Waals surface area contributed by atoms with Gasteiger partial charge in [0.15, 0.2) is 6.29 Å². The van der Waals surface area contributed by atoms with Gasteiger partial charge in [0, 0.05) is 6.42 Å². The minimum atomic E-state index is 0.574. The third kappa shape index (κ3) is 5.41. The standard InChI is InChI=1S/C7H11O/c1-2-3-4-5-6-7-8/h2-3H,4-6H2,1H3. The van der Waals surface area contributed by atoms with Gasteiger partial charge in [0.05, 0.1) is 0 Å². The molecular formula is C7H11O. The third-order valence-electron chi connectivity index (χ3n) is 0.885. The molecule has 0 aliphatic heterocycles. The first-order valence-electron chi connectivity index (χ1n) is 2.88. The Balaban J connectivity index is 2.82. The summed E-state index contributed by atoms with van der Waals surface area (Å²) in [4.78, 5) is 9.62. The maximum atomic E-state index is 9.62. The van der Waals surface area contributed by atoms with Gasteiger partial charge >= 0.3 is 0 Å². The maximum absolute atomic E-state index is 9.62. The van der Waals surface area contributed by atoms with E-state index in [1.165, 1.54) is 0 Å². The van der Waals surface area contributed by atoms with Crippen LogP contribution >= 0.6 is 0 Å². The Labute approximate surface area is 50.4 Å². The van der Waals surface area contributed by atoms with Crippen molar-refractivity contribution in [1.82, 2.24) is 0 Å². The van der Waals surface area contributed by atoms with Crippen LogP contribution in [0.1, 0.15) is 26.2 Å². The lowest BCUT2D eigenvalue weighted by molar-refractivity contribution is 0.549. The topological polar surface area (TPSA) is 17.1 Å². The molecule has 1 radical (unpaired) electrons. The van der Waals surface area contributed by atoms with Crippen molar-refractivity contribution in [3.05, 3.63) is 12.2 Å². The summed E-state index contributed by atoms with van der Waals surface area (Å²) in [6.07, 6.45) is 8.40.